The summed E-state index contributed by atoms with van der Waals surface area (Å²) in [6, 6.07) is 5.53. The Morgan fingerprint density at radius 1 is 0.691 bits per heavy atom. The number of rotatable bonds is 10. The maximum absolute atomic E-state index is 12.4. The summed E-state index contributed by atoms with van der Waals surface area (Å²) >= 11 is 13.1. The van der Waals surface area contributed by atoms with E-state index in [1.54, 1.807) is 12.3 Å². The number of hydrogen-bond donors (Lipinski definition) is 1. The number of anilines is 3. The van der Waals surface area contributed by atoms with Gasteiger partial charge < -0.3 is 43.5 Å². The first-order valence-corrected chi connectivity index (χ1v) is 25.0. The fourth-order valence-corrected chi connectivity index (χ4v) is 10.0. The van der Waals surface area contributed by atoms with Gasteiger partial charge in [0.2, 0.25) is 0 Å². The topological polar surface area (TPSA) is 175 Å². The summed E-state index contributed by atoms with van der Waals surface area (Å²) in [6.07, 6.45) is 8.70. The van der Waals surface area contributed by atoms with Crippen LogP contribution >= 0.6 is 23.2 Å². The van der Waals surface area contributed by atoms with Crippen molar-refractivity contribution in [1.82, 2.24) is 39.8 Å². The molecule has 0 saturated carbocycles. The number of likely N-dealkylation sites (tertiary alicyclic amines) is 2. The quantitative estimate of drug-likeness (QED) is 0.151. The van der Waals surface area contributed by atoms with Crippen LogP contribution in [0.25, 0.3) is 11.5 Å². The Balaban J connectivity index is 0.000000226. The first kappa shape index (κ1) is 52.7. The highest BCUT2D eigenvalue weighted by Gasteiger charge is 2.37. The number of halogens is 2. The molecule has 376 valence electrons. The van der Waals surface area contributed by atoms with Crippen LogP contribution in [-0.4, -0.2) is 172 Å². The van der Waals surface area contributed by atoms with Crippen LogP contribution in [0.1, 0.15) is 111 Å². The third kappa shape index (κ3) is 13.8. The molecular weight excluding hydrogens is 914 g/mol. The van der Waals surface area contributed by atoms with E-state index in [2.05, 4.69) is 58.9 Å². The molecule has 0 bridgehead atoms. The second-order valence-electron chi connectivity index (χ2n) is 19.9. The van der Waals surface area contributed by atoms with Gasteiger partial charge in [0.25, 0.3) is 5.89 Å². The van der Waals surface area contributed by atoms with Crippen LogP contribution in [0.2, 0.25) is 10.0 Å². The molecule has 0 aromatic carbocycles. The van der Waals surface area contributed by atoms with Gasteiger partial charge in [-0.25, -0.2) is 24.4 Å². The Morgan fingerprint density at radius 2 is 1.16 bits per heavy atom. The van der Waals surface area contributed by atoms with Crippen molar-refractivity contribution in [3.05, 3.63) is 40.1 Å². The Morgan fingerprint density at radius 3 is 1.57 bits per heavy atom. The molecule has 7 rings (SSSR count). The molecule has 3 aromatic heterocycles. The summed E-state index contributed by atoms with van der Waals surface area (Å²) in [5.41, 5.74) is 0.111. The number of methoxy groups -OCH3 is 1. The molecule has 2 amide bonds. The van der Waals surface area contributed by atoms with E-state index in [9.17, 15) is 14.4 Å². The van der Waals surface area contributed by atoms with Gasteiger partial charge in [0.15, 0.2) is 0 Å². The highest BCUT2D eigenvalue weighted by molar-refractivity contribution is 6.33. The predicted molar refractivity (Wildman–Crippen MR) is 265 cm³/mol. The molecule has 0 spiro atoms. The van der Waals surface area contributed by atoms with E-state index in [-0.39, 0.29) is 12.2 Å². The number of hydrogen-bond acceptors (Lipinski definition) is 16. The van der Waals surface area contributed by atoms with Crippen LogP contribution < -0.4 is 15.1 Å². The molecule has 3 aromatic rings. The van der Waals surface area contributed by atoms with Gasteiger partial charge >= 0.3 is 24.2 Å². The van der Waals surface area contributed by atoms with E-state index < -0.39 is 17.2 Å². The van der Waals surface area contributed by atoms with Crippen LogP contribution in [0, 0.1) is 0 Å². The standard InChI is InChI=1S/C25H38ClN7O3.C23H35ClN4O4/c1-6-18-16-32(21-20(26)14-17(15-28-21)22-29-30-23(35-22)27-7-2)12-13-33(18)19-8-10-31(11-9-19)24(34)36-25(3,4)5;1-6-17-15-27(20-19(24)13-16(14-25-20)21(29)31-5)11-12-28(17)18-7-9-26(10-8-18)22(30)32-23(2,3)4/h14-15,18-19H,6-13,16H2,1-5H3,(H,27,30);13-14,17-18H,6-12,15H2,1-5H3/t18-;17-/m00/s1. The van der Waals surface area contributed by atoms with Crippen LogP contribution in [0.4, 0.5) is 27.2 Å². The predicted octanol–water partition coefficient (Wildman–Crippen LogP) is 8.34. The van der Waals surface area contributed by atoms with Crippen molar-refractivity contribution >= 4 is 59.0 Å². The molecular formula is C48H73Cl2N11O7. The van der Waals surface area contributed by atoms with Gasteiger partial charge in [-0.3, -0.25) is 9.80 Å². The monoisotopic (exact) mass is 986 g/mol. The summed E-state index contributed by atoms with van der Waals surface area (Å²) in [6.45, 7) is 26.6. The Labute approximate surface area is 412 Å². The van der Waals surface area contributed by atoms with E-state index in [1.165, 1.54) is 13.3 Å². The zero-order chi connectivity index (χ0) is 49.3. The summed E-state index contributed by atoms with van der Waals surface area (Å²) < 4.78 is 21.5. The lowest BCUT2D eigenvalue weighted by atomic mass is 9.98. The average molecular weight is 987 g/mol. The number of nitrogens with zero attached hydrogens (tertiary/aromatic N) is 10. The molecule has 1 N–H and O–H groups in total. The molecule has 0 unspecified atom stereocenters. The van der Waals surface area contributed by atoms with E-state index >= 15 is 0 Å². The highest BCUT2D eigenvalue weighted by atomic mass is 35.5. The van der Waals surface area contributed by atoms with Crippen molar-refractivity contribution in [3.63, 3.8) is 0 Å². The smallest absolute Gasteiger partial charge is 0.410 e. The fourth-order valence-electron chi connectivity index (χ4n) is 9.46. The van der Waals surface area contributed by atoms with Crippen molar-refractivity contribution in [2.24, 2.45) is 0 Å². The minimum Gasteiger partial charge on any atom is -0.465 e. The number of pyridine rings is 2. The second-order valence-corrected chi connectivity index (χ2v) is 20.7. The van der Waals surface area contributed by atoms with Crippen LogP contribution in [-0.2, 0) is 14.2 Å². The SMILES string of the molecule is CCNc1nnc(-c2cnc(N3CCN(C4CCN(C(=O)OC(C)(C)C)CC4)[C@@H](CC)C3)c(Cl)c2)o1.CC[C@H]1CN(c2ncc(C(=O)OC)cc2Cl)CCN1C1CCN(C(=O)OC(C)(C)C)CC1. The Kier molecular flexibility index (Phi) is 18.1. The number of nitrogens with one attached hydrogen (secondary N) is 1. The lowest BCUT2D eigenvalue weighted by molar-refractivity contribution is 0.00849. The number of carbonyl (C=O) groups is 3. The van der Waals surface area contributed by atoms with E-state index in [0.29, 0.717) is 69.6 Å². The molecule has 18 nitrogen and oxygen atoms in total. The molecule has 4 aliphatic heterocycles. The summed E-state index contributed by atoms with van der Waals surface area (Å²) in [5, 5.41) is 12.1. The van der Waals surface area contributed by atoms with Gasteiger partial charge in [0, 0.05) is 109 Å². The fraction of sp³-hybridized carbons (Fsp3) is 0.688. The molecule has 7 heterocycles. The summed E-state index contributed by atoms with van der Waals surface area (Å²) in [4.78, 5) is 59.0. The van der Waals surface area contributed by atoms with Crippen molar-refractivity contribution in [1.29, 1.82) is 0 Å². The van der Waals surface area contributed by atoms with E-state index in [0.717, 1.165) is 110 Å². The molecule has 0 radical (unpaired) electrons. The van der Waals surface area contributed by atoms with Gasteiger partial charge in [0.1, 0.15) is 22.8 Å². The van der Waals surface area contributed by atoms with E-state index in [1.807, 2.05) is 64.3 Å². The highest BCUT2D eigenvalue weighted by Crippen LogP contribution is 2.33. The maximum Gasteiger partial charge on any atom is 0.410 e. The molecule has 4 fully saturated rings. The number of piperidine rings is 2. The normalized spacial score (nSPS) is 20.4. The number of carbonyl (C=O) groups excluding carboxylic acids is 3. The maximum atomic E-state index is 12.4. The molecule has 20 heteroatoms. The number of amides is 2. The third-order valence-corrected chi connectivity index (χ3v) is 13.4. The van der Waals surface area contributed by atoms with Gasteiger partial charge in [-0.2, -0.15) is 0 Å². The van der Waals surface area contributed by atoms with Gasteiger partial charge in [-0.1, -0.05) is 42.1 Å². The molecule has 2 atom stereocenters. The van der Waals surface area contributed by atoms with Crippen LogP contribution in [0.3, 0.4) is 0 Å². The minimum absolute atomic E-state index is 0.208. The van der Waals surface area contributed by atoms with Gasteiger partial charge in [-0.05, 0) is 99.1 Å². The lowest BCUT2D eigenvalue weighted by Gasteiger charge is -2.47. The summed E-state index contributed by atoms with van der Waals surface area (Å²) in [7, 11) is 1.34. The first-order valence-electron chi connectivity index (χ1n) is 24.3. The van der Waals surface area contributed by atoms with Gasteiger partial charge in [-0.15, -0.1) is 5.10 Å². The van der Waals surface area contributed by atoms with Crippen molar-refractivity contribution in [2.75, 3.05) is 94.2 Å². The Bertz CT molecular complexity index is 2150. The minimum atomic E-state index is -0.470. The van der Waals surface area contributed by atoms with Gasteiger partial charge in [0.05, 0.1) is 28.3 Å². The van der Waals surface area contributed by atoms with Crippen LogP contribution in [0.15, 0.2) is 28.9 Å². The van der Waals surface area contributed by atoms with Crippen LogP contribution in [0.5, 0.6) is 0 Å². The number of esters is 1. The third-order valence-electron chi connectivity index (χ3n) is 12.8. The zero-order valence-corrected chi connectivity index (χ0v) is 43.2. The van der Waals surface area contributed by atoms with Crippen molar-refractivity contribution in [3.8, 4) is 11.5 Å². The molecule has 4 aliphatic rings. The van der Waals surface area contributed by atoms with E-state index in [4.69, 9.17) is 41.8 Å². The zero-order valence-electron chi connectivity index (χ0n) is 41.7. The molecule has 0 aliphatic carbocycles. The van der Waals surface area contributed by atoms with Crippen molar-refractivity contribution < 1.29 is 33.0 Å². The summed E-state index contributed by atoms with van der Waals surface area (Å²) in [5.74, 6) is 1.43. The molecule has 68 heavy (non-hydrogen) atoms. The number of aromatic nitrogens is 4. The Hall–Kier alpha value is -4.65. The van der Waals surface area contributed by atoms with Crippen molar-refractivity contribution in [2.45, 2.75) is 136 Å². The molecule has 4 saturated heterocycles. The number of piperazine rings is 2. The number of ether oxygens (including phenoxy) is 3. The average Bonchev–Trinajstić information content (AvgIpc) is 3.79. The first-order chi connectivity index (χ1) is 32.3. The second kappa shape index (κ2) is 23.3. The largest absolute Gasteiger partial charge is 0.465 e. The lowest BCUT2D eigenvalue weighted by Crippen LogP contribution is -2.59.